The number of ether oxygens (including phenoxy) is 1. The SMILES string of the molecule is CN(c1ccncn1)C1COCC1C(=O)O. The Bertz CT molecular complexity index is 371. The van der Waals surface area contributed by atoms with Gasteiger partial charge in [0.15, 0.2) is 0 Å². The average Bonchev–Trinajstić information content (AvgIpc) is 2.78. The quantitative estimate of drug-likeness (QED) is 0.778. The molecule has 6 nitrogen and oxygen atoms in total. The molecule has 0 saturated carbocycles. The summed E-state index contributed by atoms with van der Waals surface area (Å²) in [5, 5.41) is 9.04. The monoisotopic (exact) mass is 223 g/mol. The number of carboxylic acids is 1. The van der Waals surface area contributed by atoms with E-state index in [1.807, 2.05) is 11.9 Å². The van der Waals surface area contributed by atoms with Crippen molar-refractivity contribution in [3.63, 3.8) is 0 Å². The zero-order chi connectivity index (χ0) is 11.5. The molecule has 2 unspecified atom stereocenters. The molecule has 0 aromatic carbocycles. The Morgan fingerprint density at radius 2 is 2.44 bits per heavy atom. The number of carboxylic acid groups (broad SMARTS) is 1. The first-order valence-corrected chi connectivity index (χ1v) is 4.99. The summed E-state index contributed by atoms with van der Waals surface area (Å²) in [4.78, 5) is 20.7. The first-order chi connectivity index (χ1) is 7.70. The van der Waals surface area contributed by atoms with E-state index in [1.54, 1.807) is 12.3 Å². The minimum absolute atomic E-state index is 0.174. The first kappa shape index (κ1) is 10.8. The minimum atomic E-state index is -0.830. The fourth-order valence-electron chi connectivity index (χ4n) is 1.82. The molecule has 2 atom stereocenters. The number of likely N-dealkylation sites (N-methyl/N-ethyl adjacent to an activating group) is 1. The molecule has 2 heterocycles. The molecule has 0 spiro atoms. The molecule has 0 bridgehead atoms. The van der Waals surface area contributed by atoms with Gasteiger partial charge in [-0.3, -0.25) is 4.79 Å². The molecule has 6 heteroatoms. The summed E-state index contributed by atoms with van der Waals surface area (Å²) in [7, 11) is 1.82. The maximum absolute atomic E-state index is 11.0. The molecule has 1 aliphatic rings. The summed E-state index contributed by atoms with van der Waals surface area (Å²) >= 11 is 0. The van der Waals surface area contributed by atoms with Crippen LogP contribution >= 0.6 is 0 Å². The number of aliphatic carboxylic acids is 1. The third kappa shape index (κ3) is 1.96. The Morgan fingerprint density at radius 1 is 1.62 bits per heavy atom. The Morgan fingerprint density at radius 3 is 3.06 bits per heavy atom. The third-order valence-electron chi connectivity index (χ3n) is 2.79. The minimum Gasteiger partial charge on any atom is -0.481 e. The average molecular weight is 223 g/mol. The van der Waals surface area contributed by atoms with Crippen molar-refractivity contribution in [2.75, 3.05) is 25.2 Å². The van der Waals surface area contributed by atoms with Gasteiger partial charge in [0.25, 0.3) is 0 Å². The van der Waals surface area contributed by atoms with Crippen LogP contribution in [0.25, 0.3) is 0 Å². The Balaban J connectivity index is 2.15. The number of rotatable bonds is 3. The Kier molecular flexibility index (Phi) is 3.00. The van der Waals surface area contributed by atoms with Gasteiger partial charge < -0.3 is 14.7 Å². The molecule has 1 saturated heterocycles. The van der Waals surface area contributed by atoms with Crippen molar-refractivity contribution < 1.29 is 14.6 Å². The zero-order valence-corrected chi connectivity index (χ0v) is 8.91. The Labute approximate surface area is 92.9 Å². The summed E-state index contributed by atoms with van der Waals surface area (Å²) in [5.74, 6) is -0.625. The zero-order valence-electron chi connectivity index (χ0n) is 8.91. The summed E-state index contributed by atoms with van der Waals surface area (Å²) in [6.45, 7) is 0.674. The third-order valence-corrected chi connectivity index (χ3v) is 2.79. The van der Waals surface area contributed by atoms with E-state index in [0.29, 0.717) is 12.4 Å². The maximum Gasteiger partial charge on any atom is 0.311 e. The molecule has 86 valence electrons. The molecular formula is C10H13N3O3. The van der Waals surface area contributed by atoms with E-state index < -0.39 is 11.9 Å². The number of carbonyl (C=O) groups is 1. The van der Waals surface area contributed by atoms with E-state index in [-0.39, 0.29) is 12.6 Å². The van der Waals surface area contributed by atoms with E-state index in [0.717, 1.165) is 0 Å². The van der Waals surface area contributed by atoms with Crippen LogP contribution < -0.4 is 4.90 Å². The molecule has 0 aliphatic carbocycles. The van der Waals surface area contributed by atoms with Gasteiger partial charge in [0.05, 0.1) is 19.3 Å². The van der Waals surface area contributed by atoms with E-state index in [9.17, 15) is 4.79 Å². The second-order valence-corrected chi connectivity index (χ2v) is 3.73. The van der Waals surface area contributed by atoms with Crippen molar-refractivity contribution in [2.45, 2.75) is 6.04 Å². The normalized spacial score (nSPS) is 24.3. The van der Waals surface area contributed by atoms with Crippen molar-refractivity contribution in [1.82, 2.24) is 9.97 Å². The lowest BCUT2D eigenvalue weighted by Crippen LogP contribution is -2.41. The van der Waals surface area contributed by atoms with Crippen molar-refractivity contribution >= 4 is 11.8 Å². The number of nitrogens with zero attached hydrogens (tertiary/aromatic N) is 3. The van der Waals surface area contributed by atoms with E-state index in [2.05, 4.69) is 9.97 Å². The summed E-state index contributed by atoms with van der Waals surface area (Å²) in [5.41, 5.74) is 0. The lowest BCUT2D eigenvalue weighted by molar-refractivity contribution is -0.141. The van der Waals surface area contributed by atoms with Crippen LogP contribution in [0.4, 0.5) is 5.82 Å². The van der Waals surface area contributed by atoms with Crippen molar-refractivity contribution in [1.29, 1.82) is 0 Å². The lowest BCUT2D eigenvalue weighted by Gasteiger charge is -2.26. The molecule has 2 rings (SSSR count). The molecule has 1 fully saturated rings. The maximum atomic E-state index is 11.0. The van der Waals surface area contributed by atoms with Crippen LogP contribution in [0.15, 0.2) is 18.6 Å². The topological polar surface area (TPSA) is 75.5 Å². The van der Waals surface area contributed by atoms with Crippen molar-refractivity contribution in [3.8, 4) is 0 Å². The molecule has 1 aromatic rings. The second-order valence-electron chi connectivity index (χ2n) is 3.73. The van der Waals surface area contributed by atoms with Gasteiger partial charge in [-0.05, 0) is 6.07 Å². The molecule has 1 aromatic heterocycles. The summed E-state index contributed by atoms with van der Waals surface area (Å²) in [6, 6.07) is 1.57. The highest BCUT2D eigenvalue weighted by molar-refractivity contribution is 5.72. The van der Waals surface area contributed by atoms with Crippen LogP contribution in [0.3, 0.4) is 0 Å². The van der Waals surface area contributed by atoms with E-state index in [4.69, 9.17) is 9.84 Å². The van der Waals surface area contributed by atoms with Gasteiger partial charge in [-0.25, -0.2) is 9.97 Å². The van der Waals surface area contributed by atoms with Gasteiger partial charge in [-0.2, -0.15) is 0 Å². The standard InChI is InChI=1S/C10H13N3O3/c1-13(9-2-3-11-6-12-9)8-5-16-4-7(8)10(14)15/h2-3,6-8H,4-5H2,1H3,(H,14,15). The summed E-state index contributed by atoms with van der Waals surface area (Å²) < 4.78 is 5.21. The molecule has 16 heavy (non-hydrogen) atoms. The Hall–Kier alpha value is -1.69. The lowest BCUT2D eigenvalue weighted by atomic mass is 10.0. The fourth-order valence-corrected chi connectivity index (χ4v) is 1.82. The van der Waals surface area contributed by atoms with Gasteiger partial charge in [-0.1, -0.05) is 0 Å². The van der Waals surface area contributed by atoms with Crippen LogP contribution in [0.5, 0.6) is 0 Å². The first-order valence-electron chi connectivity index (χ1n) is 4.99. The molecule has 0 radical (unpaired) electrons. The number of aromatic nitrogens is 2. The largest absolute Gasteiger partial charge is 0.481 e. The molecule has 0 amide bonds. The van der Waals surface area contributed by atoms with Crippen LogP contribution in [-0.4, -0.2) is 47.3 Å². The smallest absolute Gasteiger partial charge is 0.311 e. The van der Waals surface area contributed by atoms with Crippen LogP contribution in [0, 0.1) is 5.92 Å². The van der Waals surface area contributed by atoms with Crippen LogP contribution in [0.1, 0.15) is 0 Å². The van der Waals surface area contributed by atoms with Gasteiger partial charge in [0.2, 0.25) is 0 Å². The van der Waals surface area contributed by atoms with E-state index in [1.165, 1.54) is 6.33 Å². The number of hydrogen-bond acceptors (Lipinski definition) is 5. The van der Waals surface area contributed by atoms with Gasteiger partial charge in [-0.15, -0.1) is 0 Å². The van der Waals surface area contributed by atoms with Gasteiger partial charge in [0, 0.05) is 13.2 Å². The predicted octanol–water partition coefficient (Wildman–Crippen LogP) is 0.0124. The van der Waals surface area contributed by atoms with Crippen molar-refractivity contribution in [2.24, 2.45) is 5.92 Å². The van der Waals surface area contributed by atoms with Crippen LogP contribution in [0.2, 0.25) is 0 Å². The number of anilines is 1. The van der Waals surface area contributed by atoms with Gasteiger partial charge >= 0.3 is 5.97 Å². The molecule has 1 aliphatic heterocycles. The molecule has 1 N–H and O–H groups in total. The van der Waals surface area contributed by atoms with E-state index >= 15 is 0 Å². The highest BCUT2D eigenvalue weighted by Gasteiger charge is 2.37. The number of hydrogen-bond donors (Lipinski definition) is 1. The van der Waals surface area contributed by atoms with Crippen molar-refractivity contribution in [3.05, 3.63) is 18.6 Å². The van der Waals surface area contributed by atoms with Gasteiger partial charge in [0.1, 0.15) is 18.1 Å². The second kappa shape index (κ2) is 4.44. The predicted molar refractivity (Wildman–Crippen MR) is 56.2 cm³/mol. The highest BCUT2D eigenvalue weighted by Crippen LogP contribution is 2.22. The molecular weight excluding hydrogens is 210 g/mol. The fraction of sp³-hybridized carbons (Fsp3) is 0.500. The van der Waals surface area contributed by atoms with Crippen LogP contribution in [-0.2, 0) is 9.53 Å². The highest BCUT2D eigenvalue weighted by atomic mass is 16.5. The summed E-state index contributed by atoms with van der Waals surface area (Å²) in [6.07, 6.45) is 3.07.